The van der Waals surface area contributed by atoms with E-state index in [2.05, 4.69) is 26.2 Å². The zero-order valence-corrected chi connectivity index (χ0v) is 11.4. The highest BCUT2D eigenvalue weighted by Gasteiger charge is 2.03. The summed E-state index contributed by atoms with van der Waals surface area (Å²) in [6, 6.07) is 5.08. The van der Waals surface area contributed by atoms with Crippen LogP contribution in [0.4, 0.5) is 5.69 Å². The van der Waals surface area contributed by atoms with Gasteiger partial charge in [0.1, 0.15) is 5.75 Å². The highest BCUT2D eigenvalue weighted by molar-refractivity contribution is 9.10. The van der Waals surface area contributed by atoms with Crippen LogP contribution in [-0.4, -0.2) is 32.4 Å². The Kier molecular flexibility index (Phi) is 5.03. The summed E-state index contributed by atoms with van der Waals surface area (Å²) >= 11 is 3.29. The summed E-state index contributed by atoms with van der Waals surface area (Å²) in [5.74, 6) is 0.232. The summed E-state index contributed by atoms with van der Waals surface area (Å²) < 4.78 is 35.1. The minimum absolute atomic E-state index is 0.0809. The van der Waals surface area contributed by atoms with Crippen LogP contribution in [0.25, 0.3) is 0 Å². The second kappa shape index (κ2) is 6.08. The van der Waals surface area contributed by atoms with Gasteiger partial charge in [0.05, 0.1) is 29.6 Å². The Morgan fingerprint density at radius 1 is 1.47 bits per heavy atom. The fourth-order valence-electron chi connectivity index (χ4n) is 1.01. The summed E-state index contributed by atoms with van der Waals surface area (Å²) in [7, 11) is -2.43. The Morgan fingerprint density at radius 3 is 2.71 bits per heavy atom. The summed E-state index contributed by atoms with van der Waals surface area (Å²) in [5, 5.41) is 7.46. The molecule has 0 aliphatic carbocycles. The molecule has 0 atom stereocenters. The van der Waals surface area contributed by atoms with Crippen LogP contribution in [0.3, 0.4) is 0 Å². The van der Waals surface area contributed by atoms with Crippen molar-refractivity contribution in [3.63, 3.8) is 0 Å². The van der Waals surface area contributed by atoms with E-state index in [9.17, 15) is 8.42 Å². The molecule has 0 saturated carbocycles. The van der Waals surface area contributed by atoms with Gasteiger partial charge in [-0.1, -0.05) is 0 Å². The van der Waals surface area contributed by atoms with Gasteiger partial charge in [-0.25, -0.2) is 0 Å². The first kappa shape index (κ1) is 14.1. The van der Waals surface area contributed by atoms with Gasteiger partial charge < -0.3 is 4.74 Å². The van der Waals surface area contributed by atoms with Crippen molar-refractivity contribution in [2.24, 2.45) is 10.2 Å². The average molecular weight is 323 g/mol. The molecular weight excluding hydrogens is 312 g/mol. The highest BCUT2D eigenvalue weighted by atomic mass is 79.9. The van der Waals surface area contributed by atoms with E-state index in [1.54, 1.807) is 25.3 Å². The number of nitrogens with zero attached hydrogens (tertiary/aromatic N) is 2. The molecule has 0 bridgehead atoms. The van der Waals surface area contributed by atoms with Crippen molar-refractivity contribution in [3.05, 3.63) is 22.7 Å². The van der Waals surface area contributed by atoms with E-state index in [0.29, 0.717) is 11.4 Å². The van der Waals surface area contributed by atoms with Crippen molar-refractivity contribution < 1.29 is 17.7 Å². The first-order chi connectivity index (χ1) is 7.92. The molecule has 0 fully saturated rings. The molecule has 1 N–H and O–H groups in total. The number of ether oxygens (including phenoxy) is 1. The Bertz CT molecular complexity index is 516. The van der Waals surface area contributed by atoms with Gasteiger partial charge in [0.15, 0.2) is 0 Å². The van der Waals surface area contributed by atoms with Gasteiger partial charge in [-0.2, -0.15) is 18.6 Å². The van der Waals surface area contributed by atoms with E-state index >= 15 is 0 Å². The maximum absolute atomic E-state index is 10.4. The summed E-state index contributed by atoms with van der Waals surface area (Å²) in [6.07, 6.45) is 0. The third kappa shape index (κ3) is 5.24. The number of methoxy groups -OCH3 is 1. The molecule has 1 aromatic carbocycles. The Labute approximate surface area is 108 Å². The summed E-state index contributed by atoms with van der Waals surface area (Å²) in [5.41, 5.74) is 0.563. The van der Waals surface area contributed by atoms with E-state index in [4.69, 9.17) is 9.29 Å². The molecule has 6 nitrogen and oxygen atoms in total. The zero-order chi connectivity index (χ0) is 12.9. The number of hydrogen-bond acceptors (Lipinski definition) is 5. The summed E-state index contributed by atoms with van der Waals surface area (Å²) in [6.45, 7) is -0.0809. The largest absolute Gasteiger partial charge is 0.496 e. The molecule has 1 aromatic rings. The van der Waals surface area contributed by atoms with E-state index in [0.717, 1.165) is 4.47 Å². The Morgan fingerprint density at radius 2 is 2.18 bits per heavy atom. The Balaban J connectivity index is 2.63. The lowest BCUT2D eigenvalue weighted by Gasteiger charge is -2.02. The third-order valence-corrected chi connectivity index (χ3v) is 3.09. The lowest BCUT2D eigenvalue weighted by atomic mass is 10.3. The van der Waals surface area contributed by atoms with Gasteiger partial charge in [-0.05, 0) is 34.1 Å². The van der Waals surface area contributed by atoms with Crippen molar-refractivity contribution in [3.8, 4) is 5.75 Å². The number of hydrogen-bond donors (Lipinski definition) is 1. The lowest BCUT2D eigenvalue weighted by molar-refractivity contribution is 0.412. The fourth-order valence-corrected chi connectivity index (χ4v) is 1.85. The van der Waals surface area contributed by atoms with Crippen molar-refractivity contribution >= 4 is 31.7 Å². The van der Waals surface area contributed by atoms with Gasteiger partial charge in [0.2, 0.25) is 0 Å². The first-order valence-corrected chi connectivity index (χ1v) is 6.99. The van der Waals surface area contributed by atoms with Gasteiger partial charge in [0.25, 0.3) is 10.1 Å². The Hall–Kier alpha value is -0.990. The standard InChI is InChI=1S/C9H11BrN2O4S/c1-16-9-3-2-7(6-8(9)10)12-11-4-5-17(13,14)15/h2-3,6H,4-5H2,1H3,(H,13,14,15)/b12-11+. The number of halogens is 1. The second-order valence-corrected chi connectivity index (χ2v) is 5.50. The molecule has 0 heterocycles. The van der Waals surface area contributed by atoms with Crippen LogP contribution in [0.15, 0.2) is 32.9 Å². The number of rotatable bonds is 5. The maximum Gasteiger partial charge on any atom is 0.266 e. The van der Waals surface area contributed by atoms with Crippen molar-refractivity contribution in [2.45, 2.75) is 0 Å². The minimum Gasteiger partial charge on any atom is -0.496 e. The quantitative estimate of drug-likeness (QED) is 0.666. The topological polar surface area (TPSA) is 88.3 Å². The normalized spacial score (nSPS) is 11.9. The molecule has 0 amide bonds. The van der Waals surface area contributed by atoms with E-state index < -0.39 is 15.9 Å². The van der Waals surface area contributed by atoms with Crippen LogP contribution < -0.4 is 4.74 Å². The maximum atomic E-state index is 10.4. The van der Waals surface area contributed by atoms with Crippen LogP contribution >= 0.6 is 15.9 Å². The van der Waals surface area contributed by atoms with Crippen molar-refractivity contribution in [1.82, 2.24) is 0 Å². The van der Waals surface area contributed by atoms with Crippen LogP contribution in [0.5, 0.6) is 5.75 Å². The monoisotopic (exact) mass is 322 g/mol. The molecule has 1 rings (SSSR count). The lowest BCUT2D eigenvalue weighted by Crippen LogP contribution is -2.05. The minimum atomic E-state index is -3.98. The molecule has 0 saturated heterocycles. The predicted octanol–water partition coefficient (Wildman–Crippen LogP) is 2.43. The van der Waals surface area contributed by atoms with E-state index in [1.165, 1.54) is 0 Å². The molecule has 8 heteroatoms. The van der Waals surface area contributed by atoms with Crippen LogP contribution in [0.2, 0.25) is 0 Å². The zero-order valence-electron chi connectivity index (χ0n) is 9.00. The van der Waals surface area contributed by atoms with Gasteiger partial charge in [-0.15, -0.1) is 0 Å². The predicted molar refractivity (Wildman–Crippen MR) is 66.5 cm³/mol. The van der Waals surface area contributed by atoms with E-state index in [1.807, 2.05) is 0 Å². The van der Waals surface area contributed by atoms with Crippen LogP contribution in [0.1, 0.15) is 0 Å². The third-order valence-electron chi connectivity index (χ3n) is 1.77. The average Bonchev–Trinajstić information content (AvgIpc) is 2.23. The SMILES string of the molecule is COc1ccc(/N=N/CCS(=O)(=O)O)cc1Br. The molecule has 0 unspecified atom stereocenters. The molecule has 0 spiro atoms. The van der Waals surface area contributed by atoms with Gasteiger partial charge in [-0.3, -0.25) is 4.55 Å². The number of azo groups is 1. The second-order valence-electron chi connectivity index (χ2n) is 3.07. The fraction of sp³-hybridized carbons (Fsp3) is 0.333. The van der Waals surface area contributed by atoms with Gasteiger partial charge in [0, 0.05) is 0 Å². The first-order valence-electron chi connectivity index (χ1n) is 4.58. The molecule has 0 aliphatic rings. The van der Waals surface area contributed by atoms with Crippen LogP contribution in [0, 0.1) is 0 Å². The molecule has 0 radical (unpaired) electrons. The molecular formula is C9H11BrN2O4S. The molecule has 0 aromatic heterocycles. The van der Waals surface area contributed by atoms with Crippen molar-refractivity contribution in [2.75, 3.05) is 19.4 Å². The van der Waals surface area contributed by atoms with Gasteiger partial charge >= 0.3 is 0 Å². The highest BCUT2D eigenvalue weighted by Crippen LogP contribution is 2.29. The molecule has 17 heavy (non-hydrogen) atoms. The molecule has 94 valence electrons. The summed E-state index contributed by atoms with van der Waals surface area (Å²) in [4.78, 5) is 0. The van der Waals surface area contributed by atoms with Crippen LogP contribution in [-0.2, 0) is 10.1 Å². The number of benzene rings is 1. The van der Waals surface area contributed by atoms with Crippen molar-refractivity contribution in [1.29, 1.82) is 0 Å². The molecule has 0 aliphatic heterocycles. The van der Waals surface area contributed by atoms with E-state index in [-0.39, 0.29) is 6.54 Å². The smallest absolute Gasteiger partial charge is 0.266 e.